The Balaban J connectivity index is 0.00000200. The van der Waals surface area contributed by atoms with E-state index in [0.29, 0.717) is 0 Å². The van der Waals surface area contributed by atoms with Gasteiger partial charge in [0, 0.05) is 0 Å². The fourth-order valence-corrected chi connectivity index (χ4v) is 19.6. The summed E-state index contributed by atoms with van der Waals surface area (Å²) in [5.41, 5.74) is 0. The second kappa shape index (κ2) is 8.09. The molecule has 0 radical (unpaired) electrons. The smallest absolute Gasteiger partial charge is 1.00 e. The van der Waals surface area contributed by atoms with Crippen molar-refractivity contribution in [3.63, 3.8) is 0 Å². The number of halogens is 2. The van der Waals surface area contributed by atoms with E-state index in [1.165, 1.54) is 12.8 Å². The van der Waals surface area contributed by atoms with Crippen LogP contribution in [0.1, 0.15) is 12.8 Å². The maximum Gasteiger partial charge on any atom is -1.00 e. The molecule has 0 aromatic rings. The number of hydrogen-bond acceptors (Lipinski definition) is 0. The monoisotopic (exact) mass is 524 g/mol. The van der Waals surface area contributed by atoms with E-state index >= 15 is 0 Å². The molecule has 116 valence electrons. The maximum atomic E-state index is 2.50. The van der Waals surface area contributed by atoms with E-state index in [1.807, 2.05) is 6.66 Å². The Morgan fingerprint density at radius 3 is 1.33 bits per heavy atom. The summed E-state index contributed by atoms with van der Waals surface area (Å²) in [4.78, 5) is 0. The number of hydrogen-bond donors (Lipinski definition) is 0. The average molecular weight is 524 g/mol. The summed E-state index contributed by atoms with van der Waals surface area (Å²) in [6.45, 7) is 15.0. The summed E-state index contributed by atoms with van der Waals surface area (Å²) in [7, 11) is -2.23. The van der Waals surface area contributed by atoms with Gasteiger partial charge in [0.05, 0.1) is 0 Å². The molecule has 0 atom stereocenters. The van der Waals surface area contributed by atoms with Crippen LogP contribution in [0.4, 0.5) is 0 Å². The zero-order valence-corrected chi connectivity index (χ0v) is 21.1. The molecule has 0 heterocycles. The van der Waals surface area contributed by atoms with Crippen molar-refractivity contribution in [1.82, 2.24) is 0 Å². The van der Waals surface area contributed by atoms with E-state index in [-0.39, 0.29) is 24.8 Å². The van der Waals surface area contributed by atoms with E-state index in [4.69, 9.17) is 0 Å². The molecule has 0 aliphatic heterocycles. The first-order valence-corrected chi connectivity index (χ1v) is 17.9. The van der Waals surface area contributed by atoms with Gasteiger partial charge >= 0.3 is 133 Å². The quantitative estimate of drug-likeness (QED) is 0.426. The van der Waals surface area contributed by atoms with Gasteiger partial charge in [-0.1, -0.05) is 0 Å². The second-order valence-electron chi connectivity index (χ2n) is 7.62. The third kappa shape index (κ3) is 5.45. The number of allylic oxidation sites excluding steroid dienone is 8. The van der Waals surface area contributed by atoms with Crippen LogP contribution in [-0.4, -0.2) is 16.1 Å². The molecule has 0 aromatic carbocycles. The molecule has 0 fully saturated rings. The van der Waals surface area contributed by atoms with Crippen LogP contribution >= 0.6 is 0 Å². The average Bonchev–Trinajstić information content (AvgIpc) is 2.83. The van der Waals surface area contributed by atoms with E-state index in [1.54, 1.807) is 10.4 Å². The first-order chi connectivity index (χ1) is 8.69. The SMILES string of the molecule is C[Si](C)(C)C1=[C]([Hf+2][C]2=C([Si](C)(C)C)C=CC2)CC=C1.[Cl-].[Cl-]. The Labute approximate surface area is 156 Å². The van der Waals surface area contributed by atoms with E-state index < -0.39 is 39.1 Å². The van der Waals surface area contributed by atoms with Crippen LogP contribution in [0, 0.1) is 0 Å². The van der Waals surface area contributed by atoms with Crippen LogP contribution in [-0.2, 0) is 22.9 Å². The van der Waals surface area contributed by atoms with Crippen molar-refractivity contribution in [3.05, 3.63) is 41.4 Å². The Morgan fingerprint density at radius 1 is 0.714 bits per heavy atom. The van der Waals surface area contributed by atoms with Gasteiger partial charge in [0.2, 0.25) is 0 Å². The van der Waals surface area contributed by atoms with Gasteiger partial charge in [0.25, 0.3) is 0 Å². The van der Waals surface area contributed by atoms with Crippen LogP contribution in [0.2, 0.25) is 39.3 Å². The van der Waals surface area contributed by atoms with Crippen molar-refractivity contribution in [2.45, 2.75) is 52.1 Å². The molecular weight excluding hydrogens is 498 g/mol. The van der Waals surface area contributed by atoms with Crippen molar-refractivity contribution in [2.75, 3.05) is 0 Å². The van der Waals surface area contributed by atoms with Gasteiger partial charge in [-0.05, 0) is 0 Å². The molecule has 21 heavy (non-hydrogen) atoms. The van der Waals surface area contributed by atoms with Gasteiger partial charge in [-0.3, -0.25) is 0 Å². The topological polar surface area (TPSA) is 0 Å². The molecule has 0 aromatic heterocycles. The molecule has 0 bridgehead atoms. The molecule has 2 rings (SSSR count). The second-order valence-corrected chi connectivity index (χ2v) is 22.9. The van der Waals surface area contributed by atoms with Crippen molar-refractivity contribution < 1.29 is 47.7 Å². The Hall–Kier alpha value is 0.844. The van der Waals surface area contributed by atoms with Gasteiger partial charge < -0.3 is 24.8 Å². The van der Waals surface area contributed by atoms with Crippen LogP contribution < -0.4 is 24.8 Å². The van der Waals surface area contributed by atoms with Gasteiger partial charge in [0.15, 0.2) is 0 Å². The summed E-state index contributed by atoms with van der Waals surface area (Å²) in [6.07, 6.45) is 12.3. The Kier molecular flexibility index (Phi) is 8.42. The number of rotatable bonds is 4. The summed E-state index contributed by atoms with van der Waals surface area (Å²) in [5, 5.41) is 3.59. The normalized spacial score (nSPS) is 17.8. The van der Waals surface area contributed by atoms with Crippen molar-refractivity contribution in [1.29, 1.82) is 0 Å². The molecule has 0 unspecified atom stereocenters. The predicted molar refractivity (Wildman–Crippen MR) is 88.3 cm³/mol. The van der Waals surface area contributed by atoms with E-state index in [2.05, 4.69) is 63.6 Å². The van der Waals surface area contributed by atoms with Gasteiger partial charge in [-0.2, -0.15) is 0 Å². The zero-order chi connectivity index (χ0) is 14.3. The Bertz CT molecular complexity index is 457. The summed E-state index contributed by atoms with van der Waals surface area (Å²) >= 11 is -0.755. The molecule has 5 heteroatoms. The van der Waals surface area contributed by atoms with Crippen LogP contribution in [0.15, 0.2) is 41.4 Å². The third-order valence-corrected chi connectivity index (χ3v) is 15.3. The molecular formula is C16H26Cl2HfSi2. The summed E-state index contributed by atoms with van der Waals surface area (Å²) in [5.74, 6) is 0. The molecule has 0 nitrogen and oxygen atoms in total. The molecule has 0 saturated heterocycles. The van der Waals surface area contributed by atoms with Crippen LogP contribution in [0.3, 0.4) is 0 Å². The van der Waals surface area contributed by atoms with Crippen molar-refractivity contribution >= 4 is 16.1 Å². The minimum Gasteiger partial charge on any atom is -1.00 e. The summed E-state index contributed by atoms with van der Waals surface area (Å²) in [6, 6.07) is 0. The van der Waals surface area contributed by atoms with Crippen LogP contribution in [0.25, 0.3) is 0 Å². The first-order valence-electron chi connectivity index (χ1n) is 7.27. The van der Waals surface area contributed by atoms with Crippen LogP contribution in [0.5, 0.6) is 0 Å². The van der Waals surface area contributed by atoms with Gasteiger partial charge in [0.1, 0.15) is 0 Å². The minimum absolute atomic E-state index is 0. The molecule has 0 amide bonds. The third-order valence-electron chi connectivity index (χ3n) is 3.78. The van der Waals surface area contributed by atoms with E-state index in [9.17, 15) is 0 Å². The fourth-order valence-electron chi connectivity index (χ4n) is 2.83. The van der Waals surface area contributed by atoms with E-state index in [0.717, 1.165) is 0 Å². The zero-order valence-electron chi connectivity index (χ0n) is 14.0. The molecule has 0 spiro atoms. The molecule has 0 N–H and O–H groups in total. The maximum absolute atomic E-state index is 2.50. The molecule has 2 aliphatic carbocycles. The van der Waals surface area contributed by atoms with Crippen molar-refractivity contribution in [2.24, 2.45) is 0 Å². The van der Waals surface area contributed by atoms with Gasteiger partial charge in [-0.15, -0.1) is 0 Å². The standard InChI is InChI=1S/2C8H13Si.2ClH.Hf/c2*1-9(2,3)8-6-4-5-7-8;;;/h2*4,6H,5H2,1-3H3;2*1H;/q;;;;+2/p-2. The molecule has 0 saturated carbocycles. The van der Waals surface area contributed by atoms with Crippen molar-refractivity contribution in [3.8, 4) is 0 Å². The first kappa shape index (κ1) is 21.8. The Morgan fingerprint density at radius 2 is 1.05 bits per heavy atom. The largest absolute Gasteiger partial charge is 1.00 e. The summed E-state index contributed by atoms with van der Waals surface area (Å²) < 4.78 is 3.82. The minimum atomic E-state index is -1.12. The molecule has 2 aliphatic rings. The predicted octanol–water partition coefficient (Wildman–Crippen LogP) is -0.740. The van der Waals surface area contributed by atoms with Gasteiger partial charge in [-0.25, -0.2) is 0 Å². The fraction of sp³-hybridized carbons (Fsp3) is 0.500.